The van der Waals surface area contributed by atoms with E-state index in [9.17, 15) is 18.0 Å². The van der Waals surface area contributed by atoms with Crippen LogP contribution in [0, 0.1) is 0 Å². The van der Waals surface area contributed by atoms with Crippen LogP contribution in [0.25, 0.3) is 11.0 Å². The molecule has 0 spiro atoms. The zero-order valence-corrected chi connectivity index (χ0v) is 19.8. The highest BCUT2D eigenvalue weighted by Gasteiger charge is 2.19. The molecule has 0 bridgehead atoms. The van der Waals surface area contributed by atoms with E-state index >= 15 is 0 Å². The van der Waals surface area contributed by atoms with Crippen molar-refractivity contribution >= 4 is 44.3 Å². The number of carbonyl (C=O) groups is 2. The molecule has 2 heterocycles. The first kappa shape index (κ1) is 23.8. The molecule has 0 aliphatic heterocycles. The number of hydrogen-bond donors (Lipinski definition) is 0. The molecular weight excluding hydrogens is 456 g/mol. The van der Waals surface area contributed by atoms with Gasteiger partial charge >= 0.3 is 11.9 Å². The number of ether oxygens (including phenoxy) is 2. The number of hydrogen-bond acceptors (Lipinski definition) is 9. The van der Waals surface area contributed by atoms with Gasteiger partial charge in [0, 0.05) is 32.9 Å². The summed E-state index contributed by atoms with van der Waals surface area (Å²) in [5, 5.41) is 1.86. The monoisotopic (exact) mass is 480 g/mol. The third-order valence-electron chi connectivity index (χ3n) is 4.66. The Bertz CT molecular complexity index is 1250. The Morgan fingerprint density at radius 2 is 1.94 bits per heavy atom. The second-order valence-corrected chi connectivity index (χ2v) is 10.1. The van der Waals surface area contributed by atoms with E-state index in [-0.39, 0.29) is 29.5 Å². The van der Waals surface area contributed by atoms with E-state index < -0.39 is 22.0 Å². The number of sulfonamides is 1. The van der Waals surface area contributed by atoms with Crippen LogP contribution in [-0.4, -0.2) is 59.9 Å². The highest BCUT2D eigenvalue weighted by Crippen LogP contribution is 2.22. The van der Waals surface area contributed by atoms with Gasteiger partial charge in [-0.3, -0.25) is 4.79 Å². The van der Waals surface area contributed by atoms with Gasteiger partial charge in [-0.1, -0.05) is 0 Å². The summed E-state index contributed by atoms with van der Waals surface area (Å²) in [6, 6.07) is 4.76. The van der Waals surface area contributed by atoms with Crippen LogP contribution in [0.4, 0.5) is 0 Å². The van der Waals surface area contributed by atoms with Gasteiger partial charge in [0.15, 0.2) is 0 Å². The van der Waals surface area contributed by atoms with E-state index in [1.165, 1.54) is 26.2 Å². The highest BCUT2D eigenvalue weighted by molar-refractivity contribution is 7.89. The molecule has 0 N–H and O–H groups in total. The maximum absolute atomic E-state index is 12.3. The van der Waals surface area contributed by atoms with Gasteiger partial charge in [0.05, 0.1) is 34.7 Å². The van der Waals surface area contributed by atoms with Crippen LogP contribution in [0.5, 0.6) is 0 Å². The summed E-state index contributed by atoms with van der Waals surface area (Å²) in [5.74, 6) is -0.299. The van der Waals surface area contributed by atoms with Crippen LogP contribution < -0.4 is 0 Å². The summed E-state index contributed by atoms with van der Waals surface area (Å²) in [4.78, 5) is 32.5. The molecular formula is C20H24N4O6S2. The van der Waals surface area contributed by atoms with Crippen LogP contribution in [-0.2, 0) is 44.4 Å². The van der Waals surface area contributed by atoms with Crippen molar-refractivity contribution in [3.8, 4) is 0 Å². The molecule has 0 saturated heterocycles. The molecule has 2 aromatic heterocycles. The molecule has 10 nitrogen and oxygen atoms in total. The quantitative estimate of drug-likeness (QED) is 0.427. The molecule has 0 atom stereocenters. The Hall–Kier alpha value is -2.83. The van der Waals surface area contributed by atoms with Gasteiger partial charge in [0.25, 0.3) is 0 Å². The van der Waals surface area contributed by atoms with E-state index in [0.717, 1.165) is 21.2 Å². The summed E-state index contributed by atoms with van der Waals surface area (Å²) in [7, 11) is 1.19. The average molecular weight is 481 g/mol. The Morgan fingerprint density at radius 3 is 2.62 bits per heavy atom. The van der Waals surface area contributed by atoms with Gasteiger partial charge in [-0.2, -0.15) is 0 Å². The summed E-state index contributed by atoms with van der Waals surface area (Å²) < 4.78 is 37.8. The van der Waals surface area contributed by atoms with Crippen molar-refractivity contribution in [2.24, 2.45) is 7.05 Å². The van der Waals surface area contributed by atoms with Crippen molar-refractivity contribution in [1.29, 1.82) is 0 Å². The number of nitrogens with zero attached hydrogens (tertiary/aromatic N) is 4. The largest absolute Gasteiger partial charge is 0.461 e. The number of carbonyl (C=O) groups excluding carboxylic acids is 2. The fourth-order valence-corrected chi connectivity index (χ4v) is 4.54. The predicted octanol–water partition coefficient (Wildman–Crippen LogP) is 2.13. The van der Waals surface area contributed by atoms with Gasteiger partial charge in [-0.25, -0.2) is 27.5 Å². The van der Waals surface area contributed by atoms with Crippen molar-refractivity contribution in [2.75, 3.05) is 20.7 Å². The first-order valence-electron chi connectivity index (χ1n) is 9.78. The molecule has 1 aromatic carbocycles. The zero-order chi connectivity index (χ0) is 23.5. The van der Waals surface area contributed by atoms with Gasteiger partial charge in [-0.05, 0) is 25.1 Å². The number of imidazole rings is 1. The maximum atomic E-state index is 12.3. The topological polar surface area (TPSA) is 121 Å². The van der Waals surface area contributed by atoms with E-state index in [0.29, 0.717) is 23.5 Å². The maximum Gasteiger partial charge on any atom is 0.367 e. The summed E-state index contributed by atoms with van der Waals surface area (Å²) in [5.41, 5.74) is 1.77. The smallest absolute Gasteiger partial charge is 0.367 e. The molecule has 172 valence electrons. The van der Waals surface area contributed by atoms with E-state index in [1.807, 2.05) is 11.6 Å². The summed E-state index contributed by atoms with van der Waals surface area (Å²) in [6.07, 6.45) is 0.416. The first-order valence-corrected chi connectivity index (χ1v) is 12.1. The van der Waals surface area contributed by atoms with Crippen molar-refractivity contribution < 1.29 is 27.5 Å². The van der Waals surface area contributed by atoms with Gasteiger partial charge in [-0.15, -0.1) is 11.3 Å². The summed E-state index contributed by atoms with van der Waals surface area (Å²) in [6.45, 7) is 1.93. The van der Waals surface area contributed by atoms with E-state index in [4.69, 9.17) is 9.47 Å². The number of aryl methyl sites for hydroxylation is 2. The first-order chi connectivity index (χ1) is 15.1. The standard InChI is InChI=1S/C20H24N4O6S2/c1-5-29-20(26)19-21-13(12-31-19)11-30-18(25)9-8-17-22-15-10-14(32(27,28)23(2)3)6-7-16(15)24(17)4/h6-7,10,12H,5,8-9,11H2,1-4H3. The van der Waals surface area contributed by atoms with Crippen LogP contribution in [0.3, 0.4) is 0 Å². The molecule has 0 saturated carbocycles. The van der Waals surface area contributed by atoms with Crippen molar-refractivity contribution in [3.05, 3.63) is 40.1 Å². The lowest BCUT2D eigenvalue weighted by molar-refractivity contribution is -0.145. The Balaban J connectivity index is 1.61. The molecule has 0 amide bonds. The molecule has 3 aromatic rings. The third-order valence-corrected chi connectivity index (χ3v) is 7.34. The Kier molecular flexibility index (Phi) is 7.26. The fourth-order valence-electron chi connectivity index (χ4n) is 2.92. The van der Waals surface area contributed by atoms with Crippen LogP contribution in [0.15, 0.2) is 28.5 Å². The van der Waals surface area contributed by atoms with Crippen molar-refractivity contribution in [1.82, 2.24) is 18.8 Å². The number of thiazole rings is 1. The molecule has 0 fully saturated rings. The van der Waals surface area contributed by atoms with E-state index in [2.05, 4.69) is 9.97 Å². The Labute approximate surface area is 189 Å². The minimum atomic E-state index is -3.56. The molecule has 32 heavy (non-hydrogen) atoms. The number of esters is 2. The molecule has 0 aliphatic rings. The van der Waals surface area contributed by atoms with Crippen molar-refractivity contribution in [2.45, 2.75) is 31.3 Å². The van der Waals surface area contributed by atoms with Gasteiger partial charge < -0.3 is 14.0 Å². The highest BCUT2D eigenvalue weighted by atomic mass is 32.2. The predicted molar refractivity (Wildman–Crippen MR) is 118 cm³/mol. The fraction of sp³-hybridized carbons (Fsp3) is 0.400. The number of benzene rings is 1. The lowest BCUT2D eigenvalue weighted by atomic mass is 10.3. The normalized spacial score (nSPS) is 11.8. The Morgan fingerprint density at radius 1 is 1.19 bits per heavy atom. The molecule has 0 aliphatic carbocycles. The van der Waals surface area contributed by atoms with E-state index in [1.54, 1.807) is 18.4 Å². The number of aromatic nitrogens is 3. The lowest BCUT2D eigenvalue weighted by Gasteiger charge is -2.10. The van der Waals surface area contributed by atoms with Gasteiger partial charge in [0.2, 0.25) is 15.0 Å². The molecule has 12 heteroatoms. The van der Waals surface area contributed by atoms with Crippen molar-refractivity contribution in [3.63, 3.8) is 0 Å². The molecule has 0 radical (unpaired) electrons. The van der Waals surface area contributed by atoms with Crippen LogP contribution >= 0.6 is 11.3 Å². The summed E-state index contributed by atoms with van der Waals surface area (Å²) >= 11 is 1.13. The number of fused-ring (bicyclic) bond motifs is 1. The number of rotatable bonds is 9. The van der Waals surface area contributed by atoms with Gasteiger partial charge in [0.1, 0.15) is 12.4 Å². The minimum absolute atomic E-state index is 0.0387. The second-order valence-electron chi connectivity index (χ2n) is 7.05. The average Bonchev–Trinajstić information content (AvgIpc) is 3.35. The molecule has 0 unspecified atom stereocenters. The SMILES string of the molecule is CCOC(=O)c1nc(COC(=O)CCc2nc3cc(S(=O)(=O)N(C)C)ccc3n2C)cs1. The third kappa shape index (κ3) is 5.14. The molecule has 3 rings (SSSR count). The second kappa shape index (κ2) is 9.76. The minimum Gasteiger partial charge on any atom is -0.461 e. The zero-order valence-electron chi connectivity index (χ0n) is 18.2. The van der Waals surface area contributed by atoms with Crippen LogP contribution in [0.2, 0.25) is 0 Å². The van der Waals surface area contributed by atoms with Crippen LogP contribution in [0.1, 0.15) is 34.7 Å². The lowest BCUT2D eigenvalue weighted by Crippen LogP contribution is -2.22.